The van der Waals surface area contributed by atoms with Gasteiger partial charge in [-0.15, -0.1) is 0 Å². The molecule has 1 heterocycles. The number of sulfonamides is 1. The number of nitrogens with zero attached hydrogens (tertiary/aromatic N) is 2. The zero-order valence-electron chi connectivity index (χ0n) is 11.8. The number of carbonyl (C=O) groups is 2. The molecule has 1 aromatic rings. The highest BCUT2D eigenvalue weighted by molar-refractivity contribution is 7.89. The molecule has 0 fully saturated rings. The highest BCUT2D eigenvalue weighted by Crippen LogP contribution is 2.19. The Hall–Kier alpha value is -1.94. The van der Waals surface area contributed by atoms with Gasteiger partial charge in [-0.1, -0.05) is 0 Å². The summed E-state index contributed by atoms with van der Waals surface area (Å²) in [5, 5.41) is 12.7. The maximum atomic E-state index is 12.2. The number of carboxylic acid groups (broad SMARTS) is 1. The zero-order chi connectivity index (χ0) is 16.2. The number of aryl methyl sites for hydroxylation is 2. The van der Waals surface area contributed by atoms with E-state index in [9.17, 15) is 18.0 Å². The Kier molecular flexibility index (Phi) is 5.44. The Morgan fingerprint density at radius 1 is 1.33 bits per heavy atom. The van der Waals surface area contributed by atoms with Crippen LogP contribution in [0.1, 0.15) is 24.2 Å². The maximum absolute atomic E-state index is 12.2. The Bertz CT molecular complexity index is 650. The standard InChI is InChI=1S/C11H18N4O5S/c1-7-11(21(19,20)13-5-3-9(12)16)8(2)15(14-7)6-4-10(17)18/h13H,3-6H2,1-2H3,(H2,12,16)(H,17,18). The van der Waals surface area contributed by atoms with E-state index in [4.69, 9.17) is 10.8 Å². The first-order chi connectivity index (χ1) is 9.65. The maximum Gasteiger partial charge on any atom is 0.305 e. The smallest absolute Gasteiger partial charge is 0.305 e. The van der Waals surface area contributed by atoms with Crippen molar-refractivity contribution in [1.29, 1.82) is 0 Å². The summed E-state index contributed by atoms with van der Waals surface area (Å²) in [6.07, 6.45) is -0.263. The lowest BCUT2D eigenvalue weighted by atomic mass is 10.4. The van der Waals surface area contributed by atoms with Crippen LogP contribution in [-0.4, -0.2) is 41.7 Å². The number of amides is 1. The van der Waals surface area contributed by atoms with Gasteiger partial charge in [0, 0.05) is 13.0 Å². The Labute approximate surface area is 122 Å². The van der Waals surface area contributed by atoms with Gasteiger partial charge in [-0.25, -0.2) is 13.1 Å². The van der Waals surface area contributed by atoms with E-state index in [1.807, 2.05) is 0 Å². The lowest BCUT2D eigenvalue weighted by molar-refractivity contribution is -0.137. The van der Waals surface area contributed by atoms with Crippen LogP contribution in [0.3, 0.4) is 0 Å². The van der Waals surface area contributed by atoms with Gasteiger partial charge in [0.15, 0.2) is 0 Å². The molecule has 10 heteroatoms. The van der Waals surface area contributed by atoms with Crippen LogP contribution in [0.25, 0.3) is 0 Å². The van der Waals surface area contributed by atoms with Crippen molar-refractivity contribution in [2.45, 2.75) is 38.1 Å². The van der Waals surface area contributed by atoms with Crippen molar-refractivity contribution in [1.82, 2.24) is 14.5 Å². The van der Waals surface area contributed by atoms with Gasteiger partial charge in [-0.3, -0.25) is 14.3 Å². The molecule has 0 saturated carbocycles. The van der Waals surface area contributed by atoms with Crippen molar-refractivity contribution >= 4 is 21.9 Å². The second-order valence-electron chi connectivity index (χ2n) is 4.48. The SMILES string of the molecule is Cc1nn(CCC(=O)O)c(C)c1S(=O)(=O)NCCC(N)=O. The number of hydrogen-bond acceptors (Lipinski definition) is 5. The fraction of sp³-hybridized carbons (Fsp3) is 0.545. The van der Waals surface area contributed by atoms with Gasteiger partial charge in [0.2, 0.25) is 15.9 Å². The molecular weight excluding hydrogens is 300 g/mol. The average molecular weight is 318 g/mol. The number of aromatic nitrogens is 2. The molecular formula is C11H18N4O5S. The largest absolute Gasteiger partial charge is 0.481 e. The van der Waals surface area contributed by atoms with Gasteiger partial charge in [0.25, 0.3) is 0 Å². The average Bonchev–Trinajstić information content (AvgIpc) is 2.61. The molecule has 1 rings (SSSR count). The molecule has 0 spiro atoms. The van der Waals surface area contributed by atoms with E-state index >= 15 is 0 Å². The van der Waals surface area contributed by atoms with Gasteiger partial charge in [-0.05, 0) is 13.8 Å². The first kappa shape index (κ1) is 17.1. The molecule has 0 atom stereocenters. The molecule has 0 radical (unpaired) electrons. The topological polar surface area (TPSA) is 144 Å². The molecule has 1 aromatic heterocycles. The van der Waals surface area contributed by atoms with Crippen molar-refractivity contribution in [3.63, 3.8) is 0 Å². The van der Waals surface area contributed by atoms with Gasteiger partial charge in [0.05, 0.1) is 24.4 Å². The van der Waals surface area contributed by atoms with E-state index in [1.165, 1.54) is 11.6 Å². The minimum atomic E-state index is -3.82. The van der Waals surface area contributed by atoms with Crippen LogP contribution < -0.4 is 10.5 Å². The molecule has 1 amide bonds. The van der Waals surface area contributed by atoms with E-state index < -0.39 is 21.9 Å². The lowest BCUT2D eigenvalue weighted by Crippen LogP contribution is -2.28. The van der Waals surface area contributed by atoms with Gasteiger partial charge < -0.3 is 10.8 Å². The predicted molar refractivity (Wildman–Crippen MR) is 73.0 cm³/mol. The number of aliphatic carboxylic acids is 1. The van der Waals surface area contributed by atoms with Gasteiger partial charge >= 0.3 is 5.97 Å². The number of carbonyl (C=O) groups excluding carboxylic acids is 1. The fourth-order valence-corrected chi connectivity index (χ4v) is 3.31. The number of hydrogen-bond donors (Lipinski definition) is 3. The summed E-state index contributed by atoms with van der Waals surface area (Å²) in [6.45, 7) is 3.05. The second-order valence-corrected chi connectivity index (χ2v) is 6.18. The minimum absolute atomic E-state index is 0.00245. The summed E-state index contributed by atoms with van der Waals surface area (Å²) in [5.41, 5.74) is 5.56. The van der Waals surface area contributed by atoms with Crippen LogP contribution in [-0.2, 0) is 26.2 Å². The summed E-state index contributed by atoms with van der Waals surface area (Å²) in [7, 11) is -3.82. The predicted octanol–water partition coefficient (Wildman–Crippen LogP) is -0.872. The van der Waals surface area contributed by atoms with E-state index in [-0.39, 0.29) is 36.5 Å². The molecule has 9 nitrogen and oxygen atoms in total. The summed E-state index contributed by atoms with van der Waals surface area (Å²) in [5.74, 6) is -1.60. The number of primary amides is 1. The highest BCUT2D eigenvalue weighted by Gasteiger charge is 2.24. The highest BCUT2D eigenvalue weighted by atomic mass is 32.2. The van der Waals surface area contributed by atoms with Crippen LogP contribution in [0.2, 0.25) is 0 Å². The Balaban J connectivity index is 2.96. The van der Waals surface area contributed by atoms with Crippen molar-refractivity contribution in [3.8, 4) is 0 Å². The molecule has 118 valence electrons. The molecule has 0 aliphatic heterocycles. The number of nitrogens with one attached hydrogen (secondary N) is 1. The normalized spacial score (nSPS) is 11.5. The summed E-state index contributed by atoms with van der Waals surface area (Å²) >= 11 is 0. The Morgan fingerprint density at radius 3 is 2.48 bits per heavy atom. The van der Waals surface area contributed by atoms with Crippen LogP contribution in [0.4, 0.5) is 0 Å². The lowest BCUT2D eigenvalue weighted by Gasteiger charge is -2.07. The van der Waals surface area contributed by atoms with Crippen LogP contribution >= 0.6 is 0 Å². The third-order valence-electron chi connectivity index (χ3n) is 2.78. The second kappa shape index (κ2) is 6.68. The minimum Gasteiger partial charge on any atom is -0.481 e. The van der Waals surface area contributed by atoms with Crippen LogP contribution in [0.5, 0.6) is 0 Å². The number of nitrogens with two attached hydrogens (primary N) is 1. The number of rotatable bonds is 8. The van der Waals surface area contributed by atoms with E-state index in [1.54, 1.807) is 6.92 Å². The fourth-order valence-electron chi connectivity index (χ4n) is 1.87. The molecule has 0 aliphatic carbocycles. The molecule has 0 aliphatic rings. The van der Waals surface area contributed by atoms with Crippen molar-refractivity contribution in [3.05, 3.63) is 11.4 Å². The summed E-state index contributed by atoms with van der Waals surface area (Å²) in [4.78, 5) is 21.2. The first-order valence-corrected chi connectivity index (χ1v) is 7.67. The summed E-state index contributed by atoms with van der Waals surface area (Å²) in [6, 6.07) is 0. The molecule has 0 aromatic carbocycles. The molecule has 0 saturated heterocycles. The van der Waals surface area contributed by atoms with E-state index in [0.29, 0.717) is 5.69 Å². The van der Waals surface area contributed by atoms with Gasteiger partial charge in [-0.2, -0.15) is 5.10 Å². The van der Waals surface area contributed by atoms with Crippen molar-refractivity contribution in [2.75, 3.05) is 6.54 Å². The third kappa shape index (κ3) is 4.53. The van der Waals surface area contributed by atoms with Crippen molar-refractivity contribution in [2.24, 2.45) is 5.73 Å². The quantitative estimate of drug-likeness (QED) is 0.568. The van der Waals surface area contributed by atoms with Crippen LogP contribution in [0.15, 0.2) is 4.90 Å². The van der Waals surface area contributed by atoms with E-state index in [0.717, 1.165) is 0 Å². The third-order valence-corrected chi connectivity index (χ3v) is 4.50. The number of carboxylic acids is 1. The monoisotopic (exact) mass is 318 g/mol. The zero-order valence-corrected chi connectivity index (χ0v) is 12.6. The van der Waals surface area contributed by atoms with E-state index in [2.05, 4.69) is 9.82 Å². The Morgan fingerprint density at radius 2 is 1.95 bits per heavy atom. The molecule has 0 unspecified atom stereocenters. The summed E-state index contributed by atoms with van der Waals surface area (Å²) < 4.78 is 28.0. The van der Waals surface area contributed by atoms with Crippen LogP contribution in [0, 0.1) is 13.8 Å². The first-order valence-electron chi connectivity index (χ1n) is 6.19. The molecule has 21 heavy (non-hydrogen) atoms. The van der Waals surface area contributed by atoms with Crippen molar-refractivity contribution < 1.29 is 23.1 Å². The molecule has 0 bridgehead atoms. The molecule has 4 N–H and O–H groups in total. The van der Waals surface area contributed by atoms with Gasteiger partial charge in [0.1, 0.15) is 4.90 Å².